The molecule has 0 N–H and O–H groups in total. The molecule has 0 spiro atoms. The molecule has 1 aliphatic rings. The quantitative estimate of drug-likeness (QED) is 0.870. The molecular weight excluding hydrogens is 294 g/mol. The summed E-state index contributed by atoms with van der Waals surface area (Å²) in [5.74, 6) is 0.0114. The van der Waals surface area contributed by atoms with E-state index in [-0.39, 0.29) is 5.91 Å². The van der Waals surface area contributed by atoms with Gasteiger partial charge in [-0.25, -0.2) is 0 Å². The van der Waals surface area contributed by atoms with E-state index in [0.717, 1.165) is 23.4 Å². The van der Waals surface area contributed by atoms with Crippen LogP contribution in [0.1, 0.15) is 18.4 Å². The second-order valence-electron chi connectivity index (χ2n) is 5.49. The van der Waals surface area contributed by atoms with Crippen molar-refractivity contribution in [3.8, 4) is 0 Å². The lowest BCUT2D eigenvalue weighted by Gasteiger charge is -2.32. The average molecular weight is 313 g/mol. The Labute approximate surface area is 133 Å². The Balaban J connectivity index is 1.74. The van der Waals surface area contributed by atoms with Crippen LogP contribution in [0.2, 0.25) is 0 Å². The lowest BCUT2D eigenvalue weighted by molar-refractivity contribution is -0.133. The van der Waals surface area contributed by atoms with Crippen LogP contribution in [0, 0.1) is 0 Å². The highest BCUT2D eigenvalue weighted by atomic mass is 32.2. The summed E-state index contributed by atoms with van der Waals surface area (Å²) in [6, 6.07) is 19.2. The van der Waals surface area contributed by atoms with Gasteiger partial charge in [0.25, 0.3) is 0 Å². The second-order valence-corrected chi connectivity index (χ2v) is 7.12. The van der Waals surface area contributed by atoms with Crippen molar-refractivity contribution in [3.05, 3.63) is 66.2 Å². The van der Waals surface area contributed by atoms with Crippen molar-refractivity contribution < 1.29 is 9.00 Å². The molecule has 2 aromatic rings. The number of amides is 1. The minimum absolute atomic E-state index is 0.0114. The number of benzene rings is 2. The van der Waals surface area contributed by atoms with Crippen LogP contribution < -0.4 is 0 Å². The van der Waals surface area contributed by atoms with E-state index in [1.165, 1.54) is 0 Å². The van der Waals surface area contributed by atoms with Crippen LogP contribution in [-0.2, 0) is 22.1 Å². The summed E-state index contributed by atoms with van der Waals surface area (Å²) in [7, 11) is -1.27. The van der Waals surface area contributed by atoms with Crippen molar-refractivity contribution in [2.45, 2.75) is 29.5 Å². The third kappa shape index (κ3) is 3.28. The Bertz CT molecular complexity index is 657. The fraction of sp³-hybridized carbons (Fsp3) is 0.278. The third-order valence-corrected chi connectivity index (χ3v) is 5.62. The lowest BCUT2D eigenvalue weighted by Crippen LogP contribution is -2.45. The van der Waals surface area contributed by atoms with E-state index in [1.807, 2.05) is 65.6 Å². The van der Waals surface area contributed by atoms with Crippen molar-refractivity contribution in [2.75, 3.05) is 6.54 Å². The van der Waals surface area contributed by atoms with Gasteiger partial charge in [-0.3, -0.25) is 9.00 Å². The Hall–Kier alpha value is -1.94. The van der Waals surface area contributed by atoms with E-state index in [2.05, 4.69) is 0 Å². The van der Waals surface area contributed by atoms with Crippen LogP contribution in [0.5, 0.6) is 0 Å². The van der Waals surface area contributed by atoms with Gasteiger partial charge in [-0.1, -0.05) is 48.5 Å². The number of hydrogen-bond acceptors (Lipinski definition) is 2. The molecule has 0 aliphatic carbocycles. The second kappa shape index (κ2) is 6.88. The molecule has 3 nitrogen and oxygen atoms in total. The Kier molecular flexibility index (Phi) is 4.68. The molecule has 0 saturated carbocycles. The van der Waals surface area contributed by atoms with Gasteiger partial charge in [0.2, 0.25) is 5.91 Å². The van der Waals surface area contributed by atoms with E-state index < -0.39 is 16.0 Å². The number of carbonyl (C=O) groups excluding carboxylic acids is 1. The zero-order valence-electron chi connectivity index (χ0n) is 12.4. The molecule has 2 atom stereocenters. The molecule has 2 unspecified atom stereocenters. The van der Waals surface area contributed by atoms with Crippen molar-refractivity contribution in [1.29, 1.82) is 0 Å². The molecule has 1 heterocycles. The van der Waals surface area contributed by atoms with Crippen LogP contribution in [0.25, 0.3) is 0 Å². The minimum Gasteiger partial charge on any atom is -0.337 e. The van der Waals surface area contributed by atoms with Crippen molar-refractivity contribution >= 4 is 16.7 Å². The molecule has 114 valence electrons. The summed E-state index contributed by atoms with van der Waals surface area (Å²) < 4.78 is 12.7. The van der Waals surface area contributed by atoms with Crippen LogP contribution in [-0.4, -0.2) is 26.8 Å². The molecule has 3 rings (SSSR count). The lowest BCUT2D eigenvalue weighted by atomic mass is 10.1. The van der Waals surface area contributed by atoms with E-state index in [9.17, 15) is 9.00 Å². The molecule has 2 aromatic carbocycles. The smallest absolute Gasteiger partial charge is 0.239 e. The molecule has 1 fully saturated rings. The number of carbonyl (C=O) groups is 1. The minimum atomic E-state index is -1.27. The van der Waals surface area contributed by atoms with Gasteiger partial charge in [0, 0.05) is 18.0 Å². The van der Waals surface area contributed by atoms with Crippen molar-refractivity contribution in [2.24, 2.45) is 0 Å². The predicted molar refractivity (Wildman–Crippen MR) is 87.7 cm³/mol. The molecule has 4 heteroatoms. The SMILES string of the molecule is O=C1C(S(=O)c2ccccc2)CCCN1Cc1ccccc1. The number of likely N-dealkylation sites (tertiary alicyclic amines) is 1. The number of hydrogen-bond donors (Lipinski definition) is 0. The van der Waals surface area contributed by atoms with Crippen LogP contribution in [0.3, 0.4) is 0 Å². The molecule has 1 amide bonds. The van der Waals surface area contributed by atoms with E-state index >= 15 is 0 Å². The molecule has 0 bridgehead atoms. The topological polar surface area (TPSA) is 37.4 Å². The maximum Gasteiger partial charge on any atom is 0.239 e. The van der Waals surface area contributed by atoms with E-state index in [1.54, 1.807) is 0 Å². The third-order valence-electron chi connectivity index (χ3n) is 3.93. The monoisotopic (exact) mass is 313 g/mol. The normalized spacial score (nSPS) is 19.9. The number of nitrogens with zero attached hydrogens (tertiary/aromatic N) is 1. The van der Waals surface area contributed by atoms with Gasteiger partial charge in [0.1, 0.15) is 5.25 Å². The maximum absolute atomic E-state index is 12.7. The summed E-state index contributed by atoms with van der Waals surface area (Å²) in [5, 5.41) is -0.417. The first-order valence-corrected chi connectivity index (χ1v) is 8.75. The van der Waals surface area contributed by atoms with Gasteiger partial charge in [0.05, 0.1) is 10.8 Å². The van der Waals surface area contributed by atoms with E-state index in [4.69, 9.17) is 0 Å². The fourth-order valence-electron chi connectivity index (χ4n) is 2.78. The van der Waals surface area contributed by atoms with Gasteiger partial charge < -0.3 is 4.90 Å². The zero-order valence-corrected chi connectivity index (χ0v) is 13.2. The summed E-state index contributed by atoms with van der Waals surface area (Å²) in [4.78, 5) is 15.3. The highest BCUT2D eigenvalue weighted by molar-refractivity contribution is 7.86. The zero-order chi connectivity index (χ0) is 15.4. The molecule has 1 saturated heterocycles. The van der Waals surface area contributed by atoms with Gasteiger partial charge in [-0.2, -0.15) is 0 Å². The standard InChI is InChI=1S/C18H19NO2S/c20-18-17(22(21)16-10-5-2-6-11-16)12-7-13-19(18)14-15-8-3-1-4-9-15/h1-6,8-11,17H,7,12-14H2. The van der Waals surface area contributed by atoms with Crippen LogP contribution in [0.4, 0.5) is 0 Å². The van der Waals surface area contributed by atoms with E-state index in [0.29, 0.717) is 13.0 Å². The molecule has 22 heavy (non-hydrogen) atoms. The summed E-state index contributed by atoms with van der Waals surface area (Å²) >= 11 is 0. The summed E-state index contributed by atoms with van der Waals surface area (Å²) in [6.45, 7) is 1.35. The highest BCUT2D eigenvalue weighted by Gasteiger charge is 2.33. The number of piperidine rings is 1. The first-order chi connectivity index (χ1) is 10.8. The van der Waals surface area contributed by atoms with Gasteiger partial charge >= 0.3 is 0 Å². The largest absolute Gasteiger partial charge is 0.337 e. The van der Waals surface area contributed by atoms with Crippen LogP contribution in [0.15, 0.2) is 65.6 Å². The maximum atomic E-state index is 12.7. The summed E-state index contributed by atoms with van der Waals surface area (Å²) in [6.07, 6.45) is 1.60. The molecule has 0 radical (unpaired) electrons. The first kappa shape index (κ1) is 15.0. The Morgan fingerprint density at radius 3 is 2.32 bits per heavy atom. The molecule has 1 aliphatic heterocycles. The predicted octanol–water partition coefficient (Wildman–Crippen LogP) is 2.99. The summed E-state index contributed by atoms with van der Waals surface area (Å²) in [5.41, 5.74) is 1.11. The average Bonchev–Trinajstić information content (AvgIpc) is 2.58. The Morgan fingerprint density at radius 1 is 1.00 bits per heavy atom. The van der Waals surface area contributed by atoms with Gasteiger partial charge in [-0.15, -0.1) is 0 Å². The van der Waals surface area contributed by atoms with Crippen molar-refractivity contribution in [1.82, 2.24) is 4.90 Å². The first-order valence-electron chi connectivity index (χ1n) is 7.54. The van der Waals surface area contributed by atoms with Crippen molar-refractivity contribution in [3.63, 3.8) is 0 Å². The van der Waals surface area contributed by atoms with Crippen LogP contribution >= 0.6 is 0 Å². The van der Waals surface area contributed by atoms with Gasteiger partial charge in [0.15, 0.2) is 0 Å². The van der Waals surface area contributed by atoms with Gasteiger partial charge in [-0.05, 0) is 30.5 Å². The highest BCUT2D eigenvalue weighted by Crippen LogP contribution is 2.22. The molecule has 0 aromatic heterocycles. The fourth-order valence-corrected chi connectivity index (χ4v) is 4.25. The Morgan fingerprint density at radius 2 is 1.64 bits per heavy atom. The number of rotatable bonds is 4. The molecular formula is C18H19NO2S.